The van der Waals surface area contributed by atoms with Crippen LogP contribution in [-0.2, 0) is 0 Å². The Morgan fingerprint density at radius 3 is 2.09 bits per heavy atom. The summed E-state index contributed by atoms with van der Waals surface area (Å²) in [6.07, 6.45) is 3.78. The van der Waals surface area contributed by atoms with Gasteiger partial charge < -0.3 is 20.2 Å². The molecule has 0 aliphatic carbocycles. The number of nitrogens with one attached hydrogen (secondary N) is 3. The second-order valence-corrected chi connectivity index (χ2v) is 8.44. The van der Waals surface area contributed by atoms with Crippen LogP contribution in [0.3, 0.4) is 0 Å². The lowest BCUT2D eigenvalue weighted by molar-refractivity contribution is 1.23. The zero-order valence-electron chi connectivity index (χ0n) is 18.7. The third kappa shape index (κ3) is 4.10. The minimum absolute atomic E-state index is 0.609. The van der Waals surface area contributed by atoms with E-state index < -0.39 is 0 Å². The number of aryl methyl sites for hydroxylation is 2. The lowest BCUT2D eigenvalue weighted by Crippen LogP contribution is -2.30. The molecule has 0 fully saturated rings. The van der Waals surface area contributed by atoms with Crippen molar-refractivity contribution in [3.8, 4) is 22.8 Å². The first kappa shape index (κ1) is 20.9. The Bertz CT molecular complexity index is 1440. The van der Waals surface area contributed by atoms with E-state index in [9.17, 15) is 0 Å². The molecule has 0 saturated heterocycles. The molecule has 3 aromatic heterocycles. The van der Waals surface area contributed by atoms with Crippen LogP contribution in [0.25, 0.3) is 33.8 Å². The van der Waals surface area contributed by atoms with Gasteiger partial charge in [0.25, 0.3) is 0 Å². The third-order valence-corrected chi connectivity index (χ3v) is 6.18. The Morgan fingerprint density at radius 1 is 0.818 bits per heavy atom. The lowest BCUT2D eigenvalue weighted by atomic mass is 10.1. The summed E-state index contributed by atoms with van der Waals surface area (Å²) in [6.45, 7) is 4.21. The van der Waals surface area contributed by atoms with Crippen molar-refractivity contribution in [2.75, 3.05) is 17.3 Å². The molecule has 0 aliphatic heterocycles. The predicted octanol–water partition coefficient (Wildman–Crippen LogP) is 6.07. The highest BCUT2D eigenvalue weighted by atomic mass is 32.1. The van der Waals surface area contributed by atoms with Gasteiger partial charge in [0.2, 0.25) is 0 Å². The van der Waals surface area contributed by atoms with Gasteiger partial charge in [0.1, 0.15) is 11.4 Å². The van der Waals surface area contributed by atoms with E-state index in [1.165, 1.54) is 11.1 Å². The molecule has 6 nitrogen and oxygen atoms in total. The zero-order chi connectivity index (χ0) is 22.9. The van der Waals surface area contributed by atoms with Crippen molar-refractivity contribution >= 4 is 39.7 Å². The average molecular weight is 453 g/mol. The summed E-state index contributed by atoms with van der Waals surface area (Å²) in [7, 11) is 1.96. The molecule has 3 heterocycles. The van der Waals surface area contributed by atoms with E-state index >= 15 is 0 Å². The van der Waals surface area contributed by atoms with Crippen LogP contribution >= 0.6 is 12.2 Å². The van der Waals surface area contributed by atoms with Gasteiger partial charge in [0.05, 0.1) is 22.4 Å². The molecule has 0 saturated carbocycles. The van der Waals surface area contributed by atoms with Gasteiger partial charge >= 0.3 is 0 Å². The van der Waals surface area contributed by atoms with Crippen LogP contribution < -0.4 is 10.2 Å². The van der Waals surface area contributed by atoms with Crippen LogP contribution in [-0.4, -0.2) is 32.1 Å². The maximum Gasteiger partial charge on any atom is 0.177 e. The first-order chi connectivity index (χ1) is 16.0. The summed E-state index contributed by atoms with van der Waals surface area (Å²) in [5, 5.41) is 3.95. The highest BCUT2D eigenvalue weighted by Gasteiger charge is 2.15. The minimum Gasteiger partial charge on any atom is -0.360 e. The smallest absolute Gasteiger partial charge is 0.177 e. The highest BCUT2D eigenvalue weighted by molar-refractivity contribution is 7.80. The molecule has 3 N–H and O–H groups in total. The zero-order valence-corrected chi connectivity index (χ0v) is 19.5. The van der Waals surface area contributed by atoms with Crippen molar-refractivity contribution in [1.29, 1.82) is 0 Å². The van der Waals surface area contributed by atoms with Crippen molar-refractivity contribution < 1.29 is 0 Å². The number of anilines is 2. The summed E-state index contributed by atoms with van der Waals surface area (Å²) in [5.41, 5.74) is 9.44. The van der Waals surface area contributed by atoms with E-state index in [2.05, 4.69) is 47.3 Å². The highest BCUT2D eigenvalue weighted by Crippen LogP contribution is 2.30. The Balaban J connectivity index is 1.48. The van der Waals surface area contributed by atoms with Crippen molar-refractivity contribution in [1.82, 2.24) is 19.9 Å². The van der Waals surface area contributed by atoms with Crippen molar-refractivity contribution in [2.24, 2.45) is 0 Å². The second kappa shape index (κ2) is 8.52. The number of rotatable bonds is 4. The Kier molecular flexibility index (Phi) is 5.40. The van der Waals surface area contributed by atoms with E-state index in [0.717, 1.165) is 45.2 Å². The number of aromatic nitrogens is 4. The van der Waals surface area contributed by atoms with E-state index in [-0.39, 0.29) is 0 Å². The van der Waals surface area contributed by atoms with E-state index in [1.807, 2.05) is 66.8 Å². The first-order valence-electron chi connectivity index (χ1n) is 10.7. The molecule has 0 atom stereocenters. The lowest BCUT2D eigenvalue weighted by Gasteiger charge is -2.22. The number of fused-ring (bicyclic) bond motifs is 1. The van der Waals surface area contributed by atoms with Gasteiger partial charge in [-0.15, -0.1) is 0 Å². The van der Waals surface area contributed by atoms with Gasteiger partial charge in [0, 0.05) is 30.8 Å². The van der Waals surface area contributed by atoms with Gasteiger partial charge in [-0.05, 0) is 91.8 Å². The van der Waals surface area contributed by atoms with Gasteiger partial charge in [-0.3, -0.25) is 0 Å². The molecule has 5 rings (SSSR count). The fourth-order valence-electron chi connectivity index (χ4n) is 3.72. The van der Waals surface area contributed by atoms with Gasteiger partial charge in [-0.1, -0.05) is 6.07 Å². The summed E-state index contributed by atoms with van der Waals surface area (Å²) in [4.78, 5) is 18.3. The van der Waals surface area contributed by atoms with E-state index in [0.29, 0.717) is 5.11 Å². The third-order valence-electron chi connectivity index (χ3n) is 5.80. The Hall–Kier alpha value is -3.97. The summed E-state index contributed by atoms with van der Waals surface area (Å²) in [6, 6.07) is 20.2. The average Bonchev–Trinajstić information content (AvgIpc) is 3.54. The fraction of sp³-hybridized carbons (Fsp3) is 0.115. The molecule has 33 heavy (non-hydrogen) atoms. The van der Waals surface area contributed by atoms with Crippen LogP contribution in [0, 0.1) is 13.8 Å². The SMILES string of the molecule is Cc1ccc(N(C)C(=S)Nc2ccc3nc(-c4ccc[nH]4)c(-c4ccc[nH]4)nc3c2)cc1C. The summed E-state index contributed by atoms with van der Waals surface area (Å²) in [5.74, 6) is 0. The molecule has 0 amide bonds. The number of thiocarbonyl (C=S) groups is 1. The molecular weight excluding hydrogens is 428 g/mol. The van der Waals surface area contributed by atoms with Crippen molar-refractivity contribution in [2.45, 2.75) is 13.8 Å². The Morgan fingerprint density at radius 2 is 1.48 bits per heavy atom. The standard InChI is InChI=1S/C26H24N6S/c1-16-8-10-19(14-17(16)2)32(3)26(33)29-18-9-11-20-23(15-18)31-25(22-7-5-13-28-22)24(30-20)21-6-4-12-27-21/h4-15,27-28H,1-3H3,(H,29,33). The molecule has 2 aromatic carbocycles. The maximum atomic E-state index is 5.67. The topological polar surface area (TPSA) is 72.6 Å². The van der Waals surface area contributed by atoms with Crippen LogP contribution in [0.5, 0.6) is 0 Å². The molecule has 0 aliphatic rings. The predicted molar refractivity (Wildman–Crippen MR) is 140 cm³/mol. The largest absolute Gasteiger partial charge is 0.360 e. The number of H-pyrrole nitrogens is 2. The Labute approximate surface area is 197 Å². The van der Waals surface area contributed by atoms with Crippen LogP contribution in [0.15, 0.2) is 73.1 Å². The summed E-state index contributed by atoms with van der Waals surface area (Å²) < 4.78 is 0. The fourth-order valence-corrected chi connectivity index (χ4v) is 3.95. The van der Waals surface area contributed by atoms with Crippen molar-refractivity contribution in [3.05, 3.63) is 84.2 Å². The normalized spacial score (nSPS) is 11.0. The molecule has 5 aromatic rings. The quantitative estimate of drug-likeness (QED) is 0.289. The number of benzene rings is 2. The number of nitrogens with zero attached hydrogens (tertiary/aromatic N) is 3. The maximum absolute atomic E-state index is 5.67. The number of hydrogen-bond acceptors (Lipinski definition) is 3. The minimum atomic E-state index is 0.609. The molecule has 0 radical (unpaired) electrons. The molecule has 0 unspecified atom stereocenters. The van der Waals surface area contributed by atoms with Crippen LogP contribution in [0.1, 0.15) is 11.1 Å². The van der Waals surface area contributed by atoms with Crippen LogP contribution in [0.4, 0.5) is 11.4 Å². The monoisotopic (exact) mass is 452 g/mol. The van der Waals surface area contributed by atoms with E-state index in [4.69, 9.17) is 22.2 Å². The van der Waals surface area contributed by atoms with E-state index in [1.54, 1.807) is 0 Å². The number of hydrogen-bond donors (Lipinski definition) is 3. The van der Waals surface area contributed by atoms with Crippen LogP contribution in [0.2, 0.25) is 0 Å². The van der Waals surface area contributed by atoms with Gasteiger partial charge in [-0.2, -0.15) is 0 Å². The molecule has 0 spiro atoms. The first-order valence-corrected chi connectivity index (χ1v) is 11.1. The number of aromatic amines is 2. The second-order valence-electron chi connectivity index (χ2n) is 8.05. The molecule has 0 bridgehead atoms. The van der Waals surface area contributed by atoms with Gasteiger partial charge in [-0.25, -0.2) is 9.97 Å². The molecule has 164 valence electrons. The van der Waals surface area contributed by atoms with Crippen molar-refractivity contribution in [3.63, 3.8) is 0 Å². The van der Waals surface area contributed by atoms with Gasteiger partial charge in [0.15, 0.2) is 5.11 Å². The molecular formula is C26H24N6S. The summed E-state index contributed by atoms with van der Waals surface area (Å²) >= 11 is 5.67. The molecule has 7 heteroatoms.